The molecule has 5 rings (SSSR count). The first-order valence-corrected chi connectivity index (χ1v) is 10.0. The molecule has 2 atom stereocenters. The molecule has 0 nitrogen and oxygen atoms in total. The summed E-state index contributed by atoms with van der Waals surface area (Å²) < 4.78 is 0. The van der Waals surface area contributed by atoms with Crippen LogP contribution in [0.25, 0.3) is 11.1 Å². The average Bonchev–Trinajstić information content (AvgIpc) is 3.05. The molecule has 130 valence electrons. The fourth-order valence-corrected chi connectivity index (χ4v) is 6.28. The van der Waals surface area contributed by atoms with Crippen molar-refractivity contribution in [1.29, 1.82) is 0 Å². The number of rotatable bonds is 0. The third-order valence-corrected chi connectivity index (χ3v) is 7.37. The van der Waals surface area contributed by atoms with Crippen LogP contribution in [0.3, 0.4) is 0 Å². The third-order valence-electron chi connectivity index (χ3n) is 7.37. The Labute approximate surface area is 152 Å². The van der Waals surface area contributed by atoms with Crippen molar-refractivity contribution in [3.8, 4) is 11.1 Å². The molecular formula is C25H30. The minimum Gasteiger partial charge on any atom is -0.0584 e. The molecule has 3 aliphatic carbocycles. The first kappa shape index (κ1) is 15.7. The minimum absolute atomic E-state index is 0.317. The molecule has 3 aliphatic rings. The molecule has 25 heavy (non-hydrogen) atoms. The first-order chi connectivity index (χ1) is 11.7. The van der Waals surface area contributed by atoms with Gasteiger partial charge in [0.25, 0.3) is 0 Å². The molecule has 0 heteroatoms. The van der Waals surface area contributed by atoms with E-state index in [9.17, 15) is 0 Å². The highest BCUT2D eigenvalue weighted by atomic mass is 14.4. The zero-order chi connectivity index (χ0) is 17.7. The predicted molar refractivity (Wildman–Crippen MR) is 107 cm³/mol. The van der Waals surface area contributed by atoms with E-state index < -0.39 is 0 Å². The monoisotopic (exact) mass is 330 g/mol. The van der Waals surface area contributed by atoms with Crippen LogP contribution < -0.4 is 0 Å². The fourth-order valence-electron chi connectivity index (χ4n) is 6.28. The second kappa shape index (κ2) is 4.58. The molecular weight excluding hydrogens is 300 g/mol. The van der Waals surface area contributed by atoms with Crippen molar-refractivity contribution in [2.45, 2.75) is 83.5 Å². The van der Waals surface area contributed by atoms with Crippen molar-refractivity contribution in [1.82, 2.24) is 0 Å². The molecule has 0 fully saturated rings. The van der Waals surface area contributed by atoms with Crippen LogP contribution in [-0.2, 0) is 17.3 Å². The van der Waals surface area contributed by atoms with Crippen LogP contribution in [0.4, 0.5) is 0 Å². The standard InChI is InChI=1S/C25H30/c1-14-12-24(3,4)22-10-20-16(8-18(14)22)7-17-9-19-15(2)13-25(5,6)23(19)11-21(17)20/h8-11,14-15H,7,12-13H2,1-6H3. The predicted octanol–water partition coefficient (Wildman–Crippen LogP) is 6.83. The van der Waals surface area contributed by atoms with Crippen LogP contribution in [0.2, 0.25) is 0 Å². The summed E-state index contributed by atoms with van der Waals surface area (Å²) in [6, 6.07) is 10.2. The van der Waals surface area contributed by atoms with Gasteiger partial charge in [0.2, 0.25) is 0 Å². The van der Waals surface area contributed by atoms with E-state index in [0.29, 0.717) is 22.7 Å². The van der Waals surface area contributed by atoms with Gasteiger partial charge in [-0.25, -0.2) is 0 Å². The van der Waals surface area contributed by atoms with Crippen molar-refractivity contribution in [2.75, 3.05) is 0 Å². The van der Waals surface area contributed by atoms with E-state index in [1.54, 1.807) is 33.4 Å². The molecule has 0 saturated carbocycles. The van der Waals surface area contributed by atoms with Gasteiger partial charge in [-0.3, -0.25) is 0 Å². The van der Waals surface area contributed by atoms with E-state index >= 15 is 0 Å². The van der Waals surface area contributed by atoms with Crippen molar-refractivity contribution < 1.29 is 0 Å². The van der Waals surface area contributed by atoms with Gasteiger partial charge in [-0.1, -0.05) is 65.8 Å². The highest BCUT2D eigenvalue weighted by molar-refractivity contribution is 5.80. The lowest BCUT2D eigenvalue weighted by Crippen LogP contribution is -2.12. The first-order valence-electron chi connectivity index (χ1n) is 10.0. The van der Waals surface area contributed by atoms with E-state index in [1.165, 1.54) is 24.0 Å². The summed E-state index contributed by atoms with van der Waals surface area (Å²) in [5, 5.41) is 0. The maximum atomic E-state index is 2.55. The number of hydrogen-bond donors (Lipinski definition) is 0. The zero-order valence-electron chi connectivity index (χ0n) is 16.6. The lowest BCUT2D eigenvalue weighted by Gasteiger charge is -2.21. The fraction of sp³-hybridized carbons (Fsp3) is 0.520. The second-order valence-corrected chi connectivity index (χ2v) is 10.3. The highest BCUT2D eigenvalue weighted by Crippen LogP contribution is 2.53. The van der Waals surface area contributed by atoms with E-state index in [-0.39, 0.29) is 0 Å². The van der Waals surface area contributed by atoms with Gasteiger partial charge in [0, 0.05) is 0 Å². The van der Waals surface area contributed by atoms with Gasteiger partial charge in [-0.05, 0) is 86.4 Å². The molecule has 0 radical (unpaired) electrons. The molecule has 0 bridgehead atoms. The van der Waals surface area contributed by atoms with E-state index in [2.05, 4.69) is 65.8 Å². The zero-order valence-corrected chi connectivity index (χ0v) is 16.6. The second-order valence-electron chi connectivity index (χ2n) is 10.3. The molecule has 0 aliphatic heterocycles. The molecule has 0 amide bonds. The Morgan fingerprint density at radius 3 is 1.48 bits per heavy atom. The highest BCUT2D eigenvalue weighted by Gasteiger charge is 2.39. The average molecular weight is 331 g/mol. The molecule has 2 aromatic rings. The largest absolute Gasteiger partial charge is 0.0584 e. The summed E-state index contributed by atoms with van der Waals surface area (Å²) in [5.74, 6) is 1.39. The lowest BCUT2D eigenvalue weighted by atomic mass is 9.83. The number of fused-ring (bicyclic) bond motifs is 5. The molecule has 0 saturated heterocycles. The minimum atomic E-state index is 0.317. The van der Waals surface area contributed by atoms with Crippen LogP contribution in [0.15, 0.2) is 24.3 Å². The Balaban J connectivity index is 1.72. The molecule has 0 spiro atoms. The van der Waals surface area contributed by atoms with Crippen LogP contribution in [-0.4, -0.2) is 0 Å². The van der Waals surface area contributed by atoms with Gasteiger partial charge in [-0.2, -0.15) is 0 Å². The maximum Gasteiger partial charge on any atom is -0.00132 e. The summed E-state index contributed by atoms with van der Waals surface area (Å²) in [6.07, 6.45) is 3.70. The molecule has 0 heterocycles. The van der Waals surface area contributed by atoms with E-state index in [1.807, 2.05) is 0 Å². The van der Waals surface area contributed by atoms with Crippen LogP contribution in [0.1, 0.15) is 99.6 Å². The number of benzene rings is 2. The third kappa shape index (κ3) is 2.00. The summed E-state index contributed by atoms with van der Waals surface area (Å²) in [5.41, 5.74) is 13.2. The molecule has 0 aromatic heterocycles. The normalized spacial score (nSPS) is 27.0. The summed E-state index contributed by atoms with van der Waals surface area (Å²) in [6.45, 7) is 14.5. The SMILES string of the molecule is CC1CC(C)(C)c2cc3c(cc21)Cc1cc2c(cc1-3)C(C)(C)CC2C. The number of hydrogen-bond acceptors (Lipinski definition) is 0. The van der Waals surface area contributed by atoms with Crippen molar-refractivity contribution in [3.05, 3.63) is 57.6 Å². The van der Waals surface area contributed by atoms with Gasteiger partial charge in [0.1, 0.15) is 0 Å². The topological polar surface area (TPSA) is 0 Å². The van der Waals surface area contributed by atoms with Gasteiger partial charge in [-0.15, -0.1) is 0 Å². The van der Waals surface area contributed by atoms with Gasteiger partial charge in [0.15, 0.2) is 0 Å². The van der Waals surface area contributed by atoms with Gasteiger partial charge in [0.05, 0.1) is 0 Å². The van der Waals surface area contributed by atoms with Crippen LogP contribution in [0, 0.1) is 0 Å². The molecule has 2 unspecified atom stereocenters. The van der Waals surface area contributed by atoms with Crippen molar-refractivity contribution in [2.24, 2.45) is 0 Å². The van der Waals surface area contributed by atoms with Crippen molar-refractivity contribution >= 4 is 0 Å². The Morgan fingerprint density at radius 2 is 1.08 bits per heavy atom. The summed E-state index contributed by atoms with van der Waals surface area (Å²) >= 11 is 0. The molecule has 2 aromatic carbocycles. The van der Waals surface area contributed by atoms with Crippen LogP contribution >= 0.6 is 0 Å². The van der Waals surface area contributed by atoms with Crippen LogP contribution in [0.5, 0.6) is 0 Å². The quantitative estimate of drug-likeness (QED) is 0.424. The smallest absolute Gasteiger partial charge is 0.00132 e. The Morgan fingerprint density at radius 1 is 0.680 bits per heavy atom. The molecule has 0 N–H and O–H groups in total. The Kier molecular flexibility index (Phi) is 2.87. The Bertz CT molecular complexity index is 835. The van der Waals surface area contributed by atoms with Gasteiger partial charge >= 0.3 is 0 Å². The Hall–Kier alpha value is -1.56. The summed E-state index contributed by atoms with van der Waals surface area (Å²) in [7, 11) is 0. The lowest BCUT2D eigenvalue weighted by molar-refractivity contribution is 0.489. The van der Waals surface area contributed by atoms with E-state index in [0.717, 1.165) is 6.42 Å². The summed E-state index contributed by atoms with van der Waals surface area (Å²) in [4.78, 5) is 0. The van der Waals surface area contributed by atoms with Gasteiger partial charge < -0.3 is 0 Å². The van der Waals surface area contributed by atoms with E-state index in [4.69, 9.17) is 0 Å². The maximum absolute atomic E-state index is 2.55. The van der Waals surface area contributed by atoms with Crippen molar-refractivity contribution in [3.63, 3.8) is 0 Å².